The highest BCUT2D eigenvalue weighted by atomic mass is 19.1. The number of primary amides is 1. The topological polar surface area (TPSA) is 90.5 Å². The quantitative estimate of drug-likeness (QED) is 0.822. The molecule has 3 unspecified atom stereocenters. The number of amides is 1. The molecule has 29 heavy (non-hydrogen) atoms. The van der Waals surface area contributed by atoms with Gasteiger partial charge >= 0.3 is 6.01 Å². The highest BCUT2D eigenvalue weighted by molar-refractivity contribution is 6.43. The summed E-state index contributed by atoms with van der Waals surface area (Å²) >= 11 is 0. The minimum atomic E-state index is -0.682. The molecule has 4 rings (SSSR count). The summed E-state index contributed by atoms with van der Waals surface area (Å²) in [5.41, 5.74) is 8.35. The third-order valence-electron chi connectivity index (χ3n) is 6.73. The summed E-state index contributed by atoms with van der Waals surface area (Å²) in [5.74, 6) is 0.700. The lowest BCUT2D eigenvalue weighted by Crippen LogP contribution is -2.39. The van der Waals surface area contributed by atoms with Gasteiger partial charge in [-0.2, -0.15) is 0 Å². The van der Waals surface area contributed by atoms with Crippen molar-refractivity contribution in [3.05, 3.63) is 29.6 Å². The lowest BCUT2D eigenvalue weighted by Gasteiger charge is -2.41. The number of carbonyl (C=O) groups is 1. The maximum Gasteiger partial charge on any atom is 0.316 e. The molecule has 1 aliphatic heterocycles. The first-order valence-corrected chi connectivity index (χ1v) is 10.6. The van der Waals surface area contributed by atoms with Gasteiger partial charge in [0.25, 0.3) is 5.91 Å². The van der Waals surface area contributed by atoms with Crippen LogP contribution in [0.15, 0.2) is 29.0 Å². The molecular weight excluding hydrogens is 371 g/mol. The predicted octanol–water partition coefficient (Wildman–Crippen LogP) is 3.21. The molecule has 1 aromatic heterocycles. The van der Waals surface area contributed by atoms with Crippen LogP contribution in [0.3, 0.4) is 0 Å². The normalized spacial score (nSPS) is 32.0. The molecular formula is C22H29FN4O2. The molecule has 3 atom stereocenters. The van der Waals surface area contributed by atoms with E-state index in [1.54, 1.807) is 7.11 Å². The summed E-state index contributed by atoms with van der Waals surface area (Å²) in [6, 6.07) is 0.455. The molecule has 0 aromatic carbocycles. The van der Waals surface area contributed by atoms with Crippen molar-refractivity contribution in [1.29, 1.82) is 0 Å². The van der Waals surface area contributed by atoms with Crippen LogP contribution in [0.2, 0.25) is 0 Å². The number of rotatable bonds is 5. The van der Waals surface area contributed by atoms with E-state index in [0.717, 1.165) is 44.1 Å². The van der Waals surface area contributed by atoms with Crippen molar-refractivity contribution in [3.8, 4) is 6.01 Å². The number of carbonyl (C=O) groups excluding carboxylic acids is 1. The van der Waals surface area contributed by atoms with Crippen molar-refractivity contribution in [1.82, 2.24) is 9.97 Å². The number of hydrogen-bond acceptors (Lipinski definition) is 5. The van der Waals surface area contributed by atoms with Crippen molar-refractivity contribution >= 4 is 11.6 Å². The van der Waals surface area contributed by atoms with Gasteiger partial charge in [-0.15, -0.1) is 0 Å². The zero-order valence-corrected chi connectivity index (χ0v) is 16.9. The smallest absolute Gasteiger partial charge is 0.316 e. The third-order valence-corrected chi connectivity index (χ3v) is 6.73. The second-order valence-electron chi connectivity index (χ2n) is 8.61. The Bertz CT molecular complexity index is 800. The lowest BCUT2D eigenvalue weighted by molar-refractivity contribution is -0.112. The third kappa shape index (κ3) is 4.49. The number of dihydropyridines is 1. The van der Waals surface area contributed by atoms with Gasteiger partial charge in [0, 0.05) is 18.3 Å². The summed E-state index contributed by atoms with van der Waals surface area (Å²) < 4.78 is 18.7. The maximum atomic E-state index is 13.6. The minimum Gasteiger partial charge on any atom is -0.467 e. The number of alkyl halides is 1. The summed E-state index contributed by atoms with van der Waals surface area (Å²) in [6.07, 6.45) is 11.8. The molecule has 2 N–H and O–H groups in total. The van der Waals surface area contributed by atoms with Gasteiger partial charge in [-0.3, -0.25) is 9.79 Å². The van der Waals surface area contributed by atoms with Gasteiger partial charge in [-0.05, 0) is 74.8 Å². The van der Waals surface area contributed by atoms with Crippen molar-refractivity contribution in [3.63, 3.8) is 0 Å². The Balaban J connectivity index is 1.48. The molecule has 1 amide bonds. The molecule has 0 saturated heterocycles. The van der Waals surface area contributed by atoms with Crippen LogP contribution in [0, 0.1) is 17.8 Å². The van der Waals surface area contributed by atoms with Crippen LogP contribution in [0.4, 0.5) is 4.39 Å². The number of aliphatic imine (C=N–C) groups is 1. The van der Waals surface area contributed by atoms with Gasteiger partial charge in [0.05, 0.1) is 13.2 Å². The fraction of sp³-hybridized carbons (Fsp3) is 0.636. The largest absolute Gasteiger partial charge is 0.467 e. The van der Waals surface area contributed by atoms with Gasteiger partial charge < -0.3 is 10.5 Å². The lowest BCUT2D eigenvalue weighted by atomic mass is 9.67. The van der Waals surface area contributed by atoms with Crippen LogP contribution in [0.5, 0.6) is 6.01 Å². The number of aromatic nitrogens is 2. The maximum absolute atomic E-state index is 13.6. The fourth-order valence-electron chi connectivity index (χ4n) is 5.26. The number of ether oxygens (including phenoxy) is 1. The summed E-state index contributed by atoms with van der Waals surface area (Å²) in [6.45, 7) is 0. The van der Waals surface area contributed by atoms with E-state index in [1.165, 1.54) is 5.57 Å². The Kier molecular flexibility index (Phi) is 5.92. The predicted molar refractivity (Wildman–Crippen MR) is 108 cm³/mol. The van der Waals surface area contributed by atoms with E-state index in [2.05, 4.69) is 9.97 Å². The van der Waals surface area contributed by atoms with Crippen molar-refractivity contribution < 1.29 is 13.9 Å². The molecule has 2 fully saturated rings. The van der Waals surface area contributed by atoms with E-state index in [0.29, 0.717) is 42.3 Å². The number of hydrogen-bond donors (Lipinski definition) is 1. The van der Waals surface area contributed by atoms with Crippen molar-refractivity contribution in [2.75, 3.05) is 7.11 Å². The van der Waals surface area contributed by atoms with E-state index in [1.807, 2.05) is 18.5 Å². The van der Waals surface area contributed by atoms with Gasteiger partial charge in [0.15, 0.2) is 0 Å². The Hall–Kier alpha value is -2.31. The second-order valence-corrected chi connectivity index (χ2v) is 8.61. The molecule has 2 saturated carbocycles. The van der Waals surface area contributed by atoms with Gasteiger partial charge in [0.2, 0.25) is 0 Å². The Morgan fingerprint density at radius 3 is 2.55 bits per heavy atom. The Labute approximate surface area is 170 Å². The average molecular weight is 400 g/mol. The highest BCUT2D eigenvalue weighted by Crippen LogP contribution is 2.44. The summed E-state index contributed by atoms with van der Waals surface area (Å²) in [5, 5.41) is 0. The first kappa shape index (κ1) is 20.0. The second kappa shape index (κ2) is 8.59. The monoisotopic (exact) mass is 400 g/mol. The Morgan fingerprint density at radius 1 is 1.17 bits per heavy atom. The zero-order valence-electron chi connectivity index (χ0n) is 16.9. The molecule has 156 valence electrons. The van der Waals surface area contributed by atoms with E-state index < -0.39 is 12.1 Å². The van der Waals surface area contributed by atoms with Crippen molar-refractivity contribution in [2.45, 2.75) is 63.6 Å². The van der Waals surface area contributed by atoms with Gasteiger partial charge in [-0.25, -0.2) is 14.4 Å². The van der Waals surface area contributed by atoms with Crippen LogP contribution < -0.4 is 10.5 Å². The van der Waals surface area contributed by atoms with Crippen LogP contribution >= 0.6 is 0 Å². The summed E-state index contributed by atoms with van der Waals surface area (Å²) in [7, 11) is 1.55. The van der Waals surface area contributed by atoms with Crippen LogP contribution in [-0.4, -0.2) is 40.9 Å². The molecule has 1 aromatic rings. The number of methoxy groups -OCH3 is 1. The van der Waals surface area contributed by atoms with Crippen LogP contribution in [0.25, 0.3) is 0 Å². The Morgan fingerprint density at radius 2 is 1.90 bits per heavy atom. The van der Waals surface area contributed by atoms with Gasteiger partial charge in [0.1, 0.15) is 11.9 Å². The first-order valence-electron chi connectivity index (χ1n) is 10.6. The highest BCUT2D eigenvalue weighted by Gasteiger charge is 2.39. The zero-order chi connectivity index (χ0) is 20.4. The van der Waals surface area contributed by atoms with E-state index in [-0.39, 0.29) is 6.04 Å². The standard InChI is InChI=1S/C22H29FN4O2/c1-29-22-25-11-14(12-26-22)8-13-2-7-17-18(15-3-5-16(23)6-4-15)10-20(21(24)28)27-19(17)9-13/h10-13,15-17,19H,2-9H2,1H3,(H2,24,28). The average Bonchev–Trinajstić information content (AvgIpc) is 2.74. The molecule has 2 heterocycles. The van der Waals surface area contributed by atoms with Crippen LogP contribution in [0.1, 0.15) is 50.5 Å². The molecule has 7 heteroatoms. The van der Waals surface area contributed by atoms with Crippen molar-refractivity contribution in [2.24, 2.45) is 28.5 Å². The molecule has 0 radical (unpaired) electrons. The van der Waals surface area contributed by atoms with E-state index >= 15 is 0 Å². The minimum absolute atomic E-state index is 0.0820. The SMILES string of the molecule is COc1ncc(CC2CCC3C(C4CCC(F)CC4)=CC(C(N)=O)=NC3C2)cn1. The number of nitrogens with two attached hydrogens (primary N) is 1. The number of halogens is 1. The molecule has 2 aliphatic carbocycles. The summed E-state index contributed by atoms with van der Waals surface area (Å²) in [4.78, 5) is 25.0. The van der Waals surface area contributed by atoms with Crippen LogP contribution in [-0.2, 0) is 11.2 Å². The number of fused-ring (bicyclic) bond motifs is 1. The van der Waals surface area contributed by atoms with E-state index in [4.69, 9.17) is 15.5 Å². The first-order chi connectivity index (χ1) is 14.0. The number of nitrogens with zero attached hydrogens (tertiary/aromatic N) is 3. The molecule has 6 nitrogen and oxygen atoms in total. The molecule has 0 spiro atoms. The molecule has 0 bridgehead atoms. The van der Waals surface area contributed by atoms with Gasteiger partial charge in [-0.1, -0.05) is 5.57 Å². The van der Waals surface area contributed by atoms with E-state index in [9.17, 15) is 9.18 Å². The fourth-order valence-corrected chi connectivity index (χ4v) is 5.26. The molecule has 3 aliphatic rings.